The van der Waals surface area contributed by atoms with Crippen molar-refractivity contribution in [2.24, 2.45) is 0 Å². The quantitative estimate of drug-likeness (QED) is 0.573. The van der Waals surface area contributed by atoms with Crippen molar-refractivity contribution in [2.45, 2.75) is 25.6 Å². The third-order valence-electron chi connectivity index (χ3n) is 1.60. The van der Waals surface area contributed by atoms with E-state index in [4.69, 9.17) is 14.6 Å². The maximum absolute atomic E-state index is 8.73. The number of hydrogen-bond donors (Lipinski definition) is 1. The van der Waals surface area contributed by atoms with Gasteiger partial charge in [-0.3, -0.25) is 0 Å². The molecule has 2 atom stereocenters. The fraction of sp³-hybridized carbons (Fsp3) is 1.00. The van der Waals surface area contributed by atoms with Gasteiger partial charge in [-0.1, -0.05) is 0 Å². The summed E-state index contributed by atoms with van der Waals surface area (Å²) in [5.41, 5.74) is 0. The van der Waals surface area contributed by atoms with E-state index in [1.165, 1.54) is 0 Å². The molecule has 1 fully saturated rings. The molecule has 2 unspecified atom stereocenters. The topological polar surface area (TPSA) is 38.7 Å². The molecule has 1 heterocycles. The van der Waals surface area contributed by atoms with Crippen molar-refractivity contribution >= 4 is 0 Å². The van der Waals surface area contributed by atoms with Crippen molar-refractivity contribution in [1.82, 2.24) is 0 Å². The van der Waals surface area contributed by atoms with Crippen LogP contribution < -0.4 is 0 Å². The van der Waals surface area contributed by atoms with E-state index < -0.39 is 0 Å². The number of rotatable bonds is 1. The molecule has 0 bridgehead atoms. The Morgan fingerprint density at radius 3 is 3.10 bits per heavy atom. The van der Waals surface area contributed by atoms with Gasteiger partial charge in [0.15, 0.2) is 0 Å². The SMILES string of the molecule is CC1CCOCC(CO)O1. The van der Waals surface area contributed by atoms with Crippen LogP contribution in [0.25, 0.3) is 0 Å². The summed E-state index contributed by atoms with van der Waals surface area (Å²) in [7, 11) is 0. The largest absolute Gasteiger partial charge is 0.394 e. The summed E-state index contributed by atoms with van der Waals surface area (Å²) >= 11 is 0. The Balaban J connectivity index is 2.30. The molecule has 1 aliphatic heterocycles. The Morgan fingerprint density at radius 2 is 2.40 bits per heavy atom. The molecule has 0 amide bonds. The Hall–Kier alpha value is -0.120. The van der Waals surface area contributed by atoms with E-state index in [-0.39, 0.29) is 18.8 Å². The third-order valence-corrected chi connectivity index (χ3v) is 1.60. The van der Waals surface area contributed by atoms with Gasteiger partial charge in [0.2, 0.25) is 0 Å². The number of aliphatic hydroxyl groups is 1. The monoisotopic (exact) mass is 146 g/mol. The fourth-order valence-electron chi connectivity index (χ4n) is 0.996. The molecular formula is C7H14O3. The Kier molecular flexibility index (Phi) is 3.12. The summed E-state index contributed by atoms with van der Waals surface area (Å²) in [6.07, 6.45) is 1.04. The van der Waals surface area contributed by atoms with Crippen LogP contribution in [-0.4, -0.2) is 37.1 Å². The molecule has 60 valence electrons. The van der Waals surface area contributed by atoms with Gasteiger partial charge in [-0.25, -0.2) is 0 Å². The molecule has 3 nitrogen and oxygen atoms in total. The Morgan fingerprint density at radius 1 is 1.60 bits per heavy atom. The summed E-state index contributed by atoms with van der Waals surface area (Å²) in [6.45, 7) is 3.33. The van der Waals surface area contributed by atoms with Crippen LogP contribution in [0.1, 0.15) is 13.3 Å². The lowest BCUT2D eigenvalue weighted by atomic mass is 10.3. The van der Waals surface area contributed by atoms with Crippen molar-refractivity contribution in [3.05, 3.63) is 0 Å². The van der Waals surface area contributed by atoms with Crippen LogP contribution in [0.3, 0.4) is 0 Å². The van der Waals surface area contributed by atoms with Gasteiger partial charge in [-0.2, -0.15) is 0 Å². The first-order valence-electron chi connectivity index (χ1n) is 3.67. The molecule has 1 saturated heterocycles. The second kappa shape index (κ2) is 3.91. The lowest BCUT2D eigenvalue weighted by Crippen LogP contribution is -2.24. The summed E-state index contributed by atoms with van der Waals surface area (Å²) in [5.74, 6) is 0. The van der Waals surface area contributed by atoms with E-state index in [0.717, 1.165) is 13.0 Å². The van der Waals surface area contributed by atoms with Crippen LogP contribution in [0.4, 0.5) is 0 Å². The Labute approximate surface area is 60.9 Å². The molecule has 1 rings (SSSR count). The van der Waals surface area contributed by atoms with Gasteiger partial charge in [-0.15, -0.1) is 0 Å². The maximum Gasteiger partial charge on any atom is 0.104 e. The first kappa shape index (κ1) is 7.98. The first-order valence-corrected chi connectivity index (χ1v) is 3.67. The highest BCUT2D eigenvalue weighted by atomic mass is 16.6. The van der Waals surface area contributed by atoms with Gasteiger partial charge in [0, 0.05) is 6.61 Å². The summed E-state index contributed by atoms with van der Waals surface area (Å²) in [5, 5.41) is 8.73. The van der Waals surface area contributed by atoms with Crippen LogP contribution in [0.5, 0.6) is 0 Å². The molecule has 0 aromatic carbocycles. The smallest absolute Gasteiger partial charge is 0.104 e. The van der Waals surface area contributed by atoms with E-state index in [1.807, 2.05) is 6.92 Å². The average molecular weight is 146 g/mol. The fourth-order valence-corrected chi connectivity index (χ4v) is 0.996. The van der Waals surface area contributed by atoms with Gasteiger partial charge in [0.1, 0.15) is 6.10 Å². The van der Waals surface area contributed by atoms with Gasteiger partial charge >= 0.3 is 0 Å². The van der Waals surface area contributed by atoms with Gasteiger partial charge in [-0.05, 0) is 13.3 Å². The van der Waals surface area contributed by atoms with E-state index in [1.54, 1.807) is 0 Å². The zero-order valence-electron chi connectivity index (χ0n) is 6.25. The van der Waals surface area contributed by atoms with E-state index >= 15 is 0 Å². The minimum absolute atomic E-state index is 0.0599. The number of aliphatic hydroxyl groups excluding tert-OH is 1. The normalized spacial score (nSPS) is 35.4. The number of ether oxygens (including phenoxy) is 2. The van der Waals surface area contributed by atoms with Gasteiger partial charge < -0.3 is 14.6 Å². The lowest BCUT2D eigenvalue weighted by molar-refractivity contribution is -0.0389. The van der Waals surface area contributed by atoms with Crippen molar-refractivity contribution in [3.63, 3.8) is 0 Å². The summed E-state index contributed by atoms with van der Waals surface area (Å²) < 4.78 is 10.6. The minimum atomic E-state index is -0.113. The molecule has 0 spiro atoms. The molecule has 0 aliphatic carbocycles. The lowest BCUT2D eigenvalue weighted by Gasteiger charge is -2.14. The van der Waals surface area contributed by atoms with Crippen molar-refractivity contribution in [2.75, 3.05) is 19.8 Å². The predicted octanol–water partition coefficient (Wildman–Crippen LogP) is 0.173. The molecule has 1 N–H and O–H groups in total. The summed E-state index contributed by atoms with van der Waals surface area (Å²) in [4.78, 5) is 0. The second-order valence-corrected chi connectivity index (χ2v) is 2.61. The van der Waals surface area contributed by atoms with Gasteiger partial charge in [0.25, 0.3) is 0 Å². The van der Waals surface area contributed by atoms with Crippen molar-refractivity contribution in [3.8, 4) is 0 Å². The molecular weight excluding hydrogens is 132 g/mol. The van der Waals surface area contributed by atoms with Crippen LogP contribution in [0.15, 0.2) is 0 Å². The molecule has 1 aliphatic rings. The van der Waals surface area contributed by atoms with E-state index in [0.29, 0.717) is 6.61 Å². The van der Waals surface area contributed by atoms with Crippen LogP contribution >= 0.6 is 0 Å². The predicted molar refractivity (Wildman–Crippen MR) is 36.9 cm³/mol. The average Bonchev–Trinajstić information content (AvgIpc) is 2.13. The highest BCUT2D eigenvalue weighted by Crippen LogP contribution is 2.07. The second-order valence-electron chi connectivity index (χ2n) is 2.61. The first-order chi connectivity index (χ1) is 4.83. The highest BCUT2D eigenvalue weighted by Gasteiger charge is 2.16. The third kappa shape index (κ3) is 2.25. The highest BCUT2D eigenvalue weighted by molar-refractivity contribution is 4.62. The molecule has 0 aromatic heterocycles. The van der Waals surface area contributed by atoms with Crippen molar-refractivity contribution < 1.29 is 14.6 Å². The molecule has 0 radical (unpaired) electrons. The number of hydrogen-bond acceptors (Lipinski definition) is 3. The zero-order valence-corrected chi connectivity index (χ0v) is 6.25. The molecule has 3 heteroatoms. The minimum Gasteiger partial charge on any atom is -0.394 e. The van der Waals surface area contributed by atoms with Crippen LogP contribution in [0, 0.1) is 0 Å². The maximum atomic E-state index is 8.73. The van der Waals surface area contributed by atoms with Crippen LogP contribution in [-0.2, 0) is 9.47 Å². The molecule has 10 heavy (non-hydrogen) atoms. The van der Waals surface area contributed by atoms with E-state index in [9.17, 15) is 0 Å². The standard InChI is InChI=1S/C7H14O3/c1-6-2-3-9-5-7(4-8)10-6/h6-8H,2-5H2,1H3. The van der Waals surface area contributed by atoms with Crippen LogP contribution in [0.2, 0.25) is 0 Å². The Bertz CT molecular complexity index is 94.9. The van der Waals surface area contributed by atoms with Gasteiger partial charge in [0.05, 0.1) is 19.3 Å². The van der Waals surface area contributed by atoms with E-state index in [2.05, 4.69) is 0 Å². The van der Waals surface area contributed by atoms with Crippen molar-refractivity contribution in [1.29, 1.82) is 0 Å². The zero-order chi connectivity index (χ0) is 7.40. The molecule has 0 saturated carbocycles. The summed E-state index contributed by atoms with van der Waals surface area (Å²) in [6, 6.07) is 0. The molecule has 0 aromatic rings.